The number of hydrogen-bond acceptors (Lipinski definition) is 2. The van der Waals surface area contributed by atoms with Crippen molar-refractivity contribution < 1.29 is 0 Å². The van der Waals surface area contributed by atoms with Crippen LogP contribution in [-0.4, -0.2) is 20.9 Å². The van der Waals surface area contributed by atoms with Crippen molar-refractivity contribution in [1.82, 2.24) is 3.11 Å². The molecule has 68 valence electrons. The second kappa shape index (κ2) is 5.65. The van der Waals surface area contributed by atoms with Crippen molar-refractivity contribution in [3.8, 4) is 0 Å². The van der Waals surface area contributed by atoms with Crippen LogP contribution < -0.4 is 0 Å². The van der Waals surface area contributed by atoms with Crippen LogP contribution in [0.15, 0.2) is 0 Å². The Morgan fingerprint density at radius 3 is 2.36 bits per heavy atom. The van der Waals surface area contributed by atoms with Crippen molar-refractivity contribution in [3.05, 3.63) is 0 Å². The fourth-order valence-electron chi connectivity index (χ4n) is 1.10. The van der Waals surface area contributed by atoms with Crippen LogP contribution in [0.25, 0.3) is 0 Å². The molecule has 11 heavy (non-hydrogen) atoms. The summed E-state index contributed by atoms with van der Waals surface area (Å²) in [6.45, 7) is 8.75. The van der Waals surface area contributed by atoms with E-state index in [9.17, 15) is 0 Å². The van der Waals surface area contributed by atoms with Gasteiger partial charge in [0.1, 0.15) is 0 Å². The van der Waals surface area contributed by atoms with Crippen LogP contribution in [0.3, 0.4) is 0 Å². The summed E-state index contributed by atoms with van der Waals surface area (Å²) >= 11 is 6.97. The van der Waals surface area contributed by atoms with Crippen LogP contribution in [0, 0.1) is 0 Å². The summed E-state index contributed by atoms with van der Waals surface area (Å²) < 4.78 is 2.46. The second-order valence-corrected chi connectivity index (χ2v) is 5.63. The third kappa shape index (κ3) is 6.22. The van der Waals surface area contributed by atoms with E-state index in [1.165, 1.54) is 12.8 Å². The number of nitrogens with zero attached hydrogens (tertiary/aromatic N) is 1. The van der Waals surface area contributed by atoms with Gasteiger partial charge in [-0.05, 0) is 13.3 Å². The molecule has 0 fully saturated rings. The fraction of sp³-hybridized carbons (Fsp3) is 1.00. The molecule has 0 aromatic heterocycles. The van der Waals surface area contributed by atoms with Crippen molar-refractivity contribution >= 4 is 35.5 Å². The Morgan fingerprint density at radius 1 is 1.45 bits per heavy atom. The van der Waals surface area contributed by atoms with Crippen LogP contribution >= 0.6 is 35.5 Å². The Balaban J connectivity index is 3.70. The number of halogens is 1. The van der Waals surface area contributed by atoms with Gasteiger partial charge in [-0.3, -0.25) is 0 Å². The summed E-state index contributed by atoms with van der Waals surface area (Å²) in [6.07, 6.45) is 2.41. The highest BCUT2D eigenvalue weighted by Gasteiger charge is 2.19. The molecule has 0 aliphatic heterocycles. The summed E-state index contributed by atoms with van der Waals surface area (Å²) in [5, 5.41) is 0. The van der Waals surface area contributed by atoms with Gasteiger partial charge in [0.2, 0.25) is 0 Å². The first-order valence-electron chi connectivity index (χ1n) is 4.15. The molecule has 0 aromatic carbocycles. The standard InChI is InChI=1S/C8H18INS/c1-4-6-8(3,11)7-10(9)5-2/h11H,4-7H2,1-3H3. The van der Waals surface area contributed by atoms with Gasteiger partial charge in [0.15, 0.2) is 0 Å². The Kier molecular flexibility index (Phi) is 6.18. The zero-order valence-corrected chi connectivity index (χ0v) is 10.7. The van der Waals surface area contributed by atoms with Gasteiger partial charge in [-0.15, -0.1) is 0 Å². The van der Waals surface area contributed by atoms with E-state index in [1.807, 2.05) is 0 Å². The Bertz CT molecular complexity index is 106. The SMILES string of the molecule is CCCC(C)(S)CN(I)CC. The van der Waals surface area contributed by atoms with Crippen molar-refractivity contribution in [1.29, 1.82) is 0 Å². The first kappa shape index (κ1) is 12.0. The van der Waals surface area contributed by atoms with Crippen LogP contribution in [0.1, 0.15) is 33.6 Å². The summed E-state index contributed by atoms with van der Waals surface area (Å²) in [5.74, 6) is 0. The first-order chi connectivity index (χ1) is 5.02. The van der Waals surface area contributed by atoms with Gasteiger partial charge in [0.05, 0.1) is 0 Å². The number of thiol groups is 1. The number of rotatable bonds is 5. The first-order valence-corrected chi connectivity index (χ1v) is 5.56. The summed E-state index contributed by atoms with van der Waals surface area (Å²) in [4.78, 5) is 0. The molecule has 0 aliphatic carbocycles. The average molecular weight is 287 g/mol. The van der Waals surface area contributed by atoms with E-state index in [-0.39, 0.29) is 4.75 Å². The van der Waals surface area contributed by atoms with Gasteiger partial charge in [-0.2, -0.15) is 12.6 Å². The van der Waals surface area contributed by atoms with Gasteiger partial charge >= 0.3 is 0 Å². The monoisotopic (exact) mass is 287 g/mol. The zero-order valence-electron chi connectivity index (χ0n) is 7.60. The quantitative estimate of drug-likeness (QED) is 0.462. The van der Waals surface area contributed by atoms with Gasteiger partial charge < -0.3 is 0 Å². The Labute approximate surface area is 89.8 Å². The molecule has 0 amide bonds. The maximum atomic E-state index is 4.61. The van der Waals surface area contributed by atoms with Gasteiger partial charge in [-0.25, -0.2) is 3.11 Å². The highest BCUT2D eigenvalue weighted by Crippen LogP contribution is 2.22. The molecular weight excluding hydrogens is 269 g/mol. The molecule has 3 heteroatoms. The molecule has 0 aromatic rings. The maximum absolute atomic E-state index is 4.61. The second-order valence-electron chi connectivity index (χ2n) is 3.18. The molecule has 0 bridgehead atoms. The predicted molar refractivity (Wildman–Crippen MR) is 63.6 cm³/mol. The van der Waals surface area contributed by atoms with Crippen LogP contribution in [0.5, 0.6) is 0 Å². The van der Waals surface area contributed by atoms with E-state index in [4.69, 9.17) is 0 Å². The molecule has 0 heterocycles. The largest absolute Gasteiger partial charge is 0.246 e. The van der Waals surface area contributed by atoms with Crippen LogP contribution in [0.4, 0.5) is 0 Å². The average Bonchev–Trinajstić information content (AvgIpc) is 1.86. The van der Waals surface area contributed by atoms with E-state index < -0.39 is 0 Å². The Hall–Kier alpha value is 1.04. The highest BCUT2D eigenvalue weighted by molar-refractivity contribution is 14.1. The molecule has 1 unspecified atom stereocenters. The number of hydrogen-bond donors (Lipinski definition) is 1. The lowest BCUT2D eigenvalue weighted by molar-refractivity contribution is 0.440. The highest BCUT2D eigenvalue weighted by atomic mass is 127. The van der Waals surface area contributed by atoms with E-state index in [0.717, 1.165) is 13.1 Å². The molecule has 0 aliphatic rings. The maximum Gasteiger partial charge on any atom is 0.0236 e. The van der Waals surface area contributed by atoms with Crippen molar-refractivity contribution in [2.75, 3.05) is 13.1 Å². The fourth-order valence-corrected chi connectivity index (χ4v) is 2.52. The van der Waals surface area contributed by atoms with Crippen molar-refractivity contribution in [2.24, 2.45) is 0 Å². The van der Waals surface area contributed by atoms with Crippen molar-refractivity contribution in [2.45, 2.75) is 38.4 Å². The van der Waals surface area contributed by atoms with Crippen LogP contribution in [0.2, 0.25) is 0 Å². The van der Waals surface area contributed by atoms with E-state index in [0.29, 0.717) is 0 Å². The molecule has 0 spiro atoms. The summed E-state index contributed by atoms with van der Waals surface area (Å²) in [5.41, 5.74) is 0. The minimum absolute atomic E-state index is 0.186. The van der Waals surface area contributed by atoms with Crippen LogP contribution in [-0.2, 0) is 0 Å². The third-order valence-corrected chi connectivity index (χ3v) is 3.03. The van der Waals surface area contributed by atoms with Gasteiger partial charge in [0, 0.05) is 40.7 Å². The normalized spacial score (nSPS) is 16.9. The minimum Gasteiger partial charge on any atom is -0.246 e. The van der Waals surface area contributed by atoms with E-state index in [2.05, 4.69) is 59.4 Å². The lowest BCUT2D eigenvalue weighted by Crippen LogP contribution is -2.31. The minimum atomic E-state index is 0.186. The molecule has 0 radical (unpaired) electrons. The molecule has 1 atom stereocenters. The predicted octanol–water partition coefficient (Wildman–Crippen LogP) is 3.15. The summed E-state index contributed by atoms with van der Waals surface area (Å²) in [7, 11) is 0. The third-order valence-electron chi connectivity index (χ3n) is 1.64. The molecule has 1 nitrogen and oxygen atoms in total. The van der Waals surface area contributed by atoms with E-state index in [1.54, 1.807) is 0 Å². The van der Waals surface area contributed by atoms with E-state index >= 15 is 0 Å². The lowest BCUT2D eigenvalue weighted by Gasteiger charge is -2.26. The molecular formula is C8H18INS. The topological polar surface area (TPSA) is 3.24 Å². The molecule has 0 N–H and O–H groups in total. The van der Waals surface area contributed by atoms with Crippen molar-refractivity contribution in [3.63, 3.8) is 0 Å². The molecule has 0 rings (SSSR count). The summed E-state index contributed by atoms with van der Waals surface area (Å²) in [6, 6.07) is 0. The Morgan fingerprint density at radius 2 is 2.00 bits per heavy atom. The zero-order chi connectivity index (χ0) is 8.91. The molecule has 0 saturated heterocycles. The smallest absolute Gasteiger partial charge is 0.0236 e. The lowest BCUT2D eigenvalue weighted by atomic mass is 10.1. The molecule has 0 saturated carbocycles. The van der Waals surface area contributed by atoms with Gasteiger partial charge in [0.25, 0.3) is 0 Å². The van der Waals surface area contributed by atoms with Gasteiger partial charge in [-0.1, -0.05) is 20.3 Å².